The molecular formula is C11H15BrN2O. The molecule has 0 aliphatic rings. The Morgan fingerprint density at radius 3 is 2.53 bits per heavy atom. The number of aromatic nitrogens is 1. The predicted octanol–water partition coefficient (Wildman–Crippen LogP) is 2.63. The minimum Gasteiger partial charge on any atom is -0.339 e. The SMILES string of the molecule is CCN(CC)C(=O)c1cnc(C)c(Br)c1. The Kier molecular flexibility index (Phi) is 4.27. The van der Waals surface area contributed by atoms with Crippen LogP contribution in [0, 0.1) is 6.92 Å². The highest BCUT2D eigenvalue weighted by molar-refractivity contribution is 9.10. The van der Waals surface area contributed by atoms with Crippen LogP contribution in [0.3, 0.4) is 0 Å². The number of carbonyl (C=O) groups excluding carboxylic acids is 1. The highest BCUT2D eigenvalue weighted by atomic mass is 79.9. The van der Waals surface area contributed by atoms with E-state index in [1.165, 1.54) is 0 Å². The number of rotatable bonds is 3. The summed E-state index contributed by atoms with van der Waals surface area (Å²) in [5, 5.41) is 0. The molecule has 0 N–H and O–H groups in total. The maximum Gasteiger partial charge on any atom is 0.255 e. The van der Waals surface area contributed by atoms with Gasteiger partial charge in [0.2, 0.25) is 0 Å². The van der Waals surface area contributed by atoms with Crippen molar-refractivity contribution in [2.24, 2.45) is 0 Å². The quantitative estimate of drug-likeness (QED) is 0.846. The lowest BCUT2D eigenvalue weighted by Crippen LogP contribution is -2.30. The number of aryl methyl sites for hydroxylation is 1. The Morgan fingerprint density at radius 2 is 2.07 bits per heavy atom. The molecule has 0 radical (unpaired) electrons. The van der Waals surface area contributed by atoms with Crippen LogP contribution in [-0.4, -0.2) is 28.9 Å². The van der Waals surface area contributed by atoms with Gasteiger partial charge in [-0.15, -0.1) is 0 Å². The van der Waals surface area contributed by atoms with E-state index < -0.39 is 0 Å². The lowest BCUT2D eigenvalue weighted by molar-refractivity contribution is 0.0772. The van der Waals surface area contributed by atoms with Gasteiger partial charge in [0.25, 0.3) is 5.91 Å². The van der Waals surface area contributed by atoms with E-state index in [-0.39, 0.29) is 5.91 Å². The van der Waals surface area contributed by atoms with Crippen LogP contribution in [0.5, 0.6) is 0 Å². The van der Waals surface area contributed by atoms with E-state index in [9.17, 15) is 4.79 Å². The van der Waals surface area contributed by atoms with E-state index in [4.69, 9.17) is 0 Å². The van der Waals surface area contributed by atoms with Gasteiger partial charge in [-0.3, -0.25) is 9.78 Å². The first-order valence-corrected chi connectivity index (χ1v) is 5.80. The van der Waals surface area contributed by atoms with Crippen molar-refractivity contribution in [3.8, 4) is 0 Å². The molecule has 0 aliphatic carbocycles. The maximum atomic E-state index is 11.9. The van der Waals surface area contributed by atoms with Gasteiger partial charge in [0.15, 0.2) is 0 Å². The average molecular weight is 271 g/mol. The number of pyridine rings is 1. The molecule has 0 fully saturated rings. The van der Waals surface area contributed by atoms with Gasteiger partial charge in [0, 0.05) is 23.8 Å². The molecule has 1 heterocycles. The first kappa shape index (κ1) is 12.2. The fourth-order valence-electron chi connectivity index (χ4n) is 1.32. The first-order chi connectivity index (χ1) is 7.10. The molecule has 1 aromatic rings. The zero-order valence-electron chi connectivity index (χ0n) is 9.25. The van der Waals surface area contributed by atoms with Gasteiger partial charge in [-0.1, -0.05) is 0 Å². The van der Waals surface area contributed by atoms with Crippen molar-refractivity contribution in [1.29, 1.82) is 0 Å². The Balaban J connectivity index is 2.96. The zero-order chi connectivity index (χ0) is 11.4. The second-order valence-corrected chi connectivity index (χ2v) is 4.12. The fraction of sp³-hybridized carbons (Fsp3) is 0.455. The van der Waals surface area contributed by atoms with E-state index in [1.807, 2.05) is 26.8 Å². The van der Waals surface area contributed by atoms with Crippen LogP contribution in [0.4, 0.5) is 0 Å². The van der Waals surface area contributed by atoms with Crippen molar-refractivity contribution >= 4 is 21.8 Å². The van der Waals surface area contributed by atoms with Crippen molar-refractivity contribution in [3.05, 3.63) is 28.0 Å². The van der Waals surface area contributed by atoms with Gasteiger partial charge in [-0.2, -0.15) is 0 Å². The lowest BCUT2D eigenvalue weighted by Gasteiger charge is -2.18. The summed E-state index contributed by atoms with van der Waals surface area (Å²) in [6, 6.07) is 1.82. The highest BCUT2D eigenvalue weighted by Gasteiger charge is 2.13. The number of amides is 1. The standard InChI is InChI=1S/C11H15BrN2O/c1-4-14(5-2)11(15)9-6-10(12)8(3)13-7-9/h6-7H,4-5H2,1-3H3. The molecule has 0 atom stereocenters. The largest absolute Gasteiger partial charge is 0.339 e. The van der Waals surface area contributed by atoms with Gasteiger partial charge in [-0.25, -0.2) is 0 Å². The summed E-state index contributed by atoms with van der Waals surface area (Å²) < 4.78 is 0.875. The van der Waals surface area contributed by atoms with Crippen molar-refractivity contribution in [3.63, 3.8) is 0 Å². The molecule has 0 unspecified atom stereocenters. The smallest absolute Gasteiger partial charge is 0.255 e. The highest BCUT2D eigenvalue weighted by Crippen LogP contribution is 2.16. The molecule has 4 heteroatoms. The summed E-state index contributed by atoms with van der Waals surface area (Å²) >= 11 is 3.37. The molecule has 0 spiro atoms. The minimum absolute atomic E-state index is 0.0354. The summed E-state index contributed by atoms with van der Waals surface area (Å²) in [6.07, 6.45) is 1.63. The molecule has 0 aromatic carbocycles. The fourth-order valence-corrected chi connectivity index (χ4v) is 1.67. The molecule has 15 heavy (non-hydrogen) atoms. The van der Waals surface area contributed by atoms with Crippen LogP contribution in [0.2, 0.25) is 0 Å². The molecule has 1 rings (SSSR count). The van der Waals surface area contributed by atoms with E-state index >= 15 is 0 Å². The van der Waals surface area contributed by atoms with Gasteiger partial charge in [0.05, 0.1) is 11.3 Å². The van der Waals surface area contributed by atoms with Gasteiger partial charge in [0.1, 0.15) is 0 Å². The Morgan fingerprint density at radius 1 is 1.47 bits per heavy atom. The Bertz CT molecular complexity index is 362. The molecule has 0 saturated carbocycles. The third kappa shape index (κ3) is 2.78. The normalized spacial score (nSPS) is 10.1. The lowest BCUT2D eigenvalue weighted by atomic mass is 10.2. The molecular weight excluding hydrogens is 256 g/mol. The second-order valence-electron chi connectivity index (χ2n) is 3.27. The molecule has 3 nitrogen and oxygen atoms in total. The molecule has 0 saturated heterocycles. The molecule has 0 bridgehead atoms. The van der Waals surface area contributed by atoms with E-state index in [2.05, 4.69) is 20.9 Å². The molecule has 1 amide bonds. The summed E-state index contributed by atoms with van der Waals surface area (Å²) in [4.78, 5) is 17.9. The van der Waals surface area contributed by atoms with Crippen LogP contribution in [0.25, 0.3) is 0 Å². The first-order valence-electron chi connectivity index (χ1n) is 5.01. The molecule has 82 valence electrons. The van der Waals surface area contributed by atoms with Crippen LogP contribution < -0.4 is 0 Å². The Labute approximate surface area is 98.6 Å². The summed E-state index contributed by atoms with van der Waals surface area (Å²) in [7, 11) is 0. The van der Waals surface area contributed by atoms with Crippen molar-refractivity contribution in [2.45, 2.75) is 20.8 Å². The zero-order valence-corrected chi connectivity index (χ0v) is 10.8. The Hall–Kier alpha value is -0.900. The molecule has 0 aliphatic heterocycles. The third-order valence-electron chi connectivity index (χ3n) is 2.32. The number of carbonyl (C=O) groups is 1. The van der Waals surface area contributed by atoms with Crippen molar-refractivity contribution in [1.82, 2.24) is 9.88 Å². The predicted molar refractivity (Wildman–Crippen MR) is 63.9 cm³/mol. The van der Waals surface area contributed by atoms with E-state index in [0.29, 0.717) is 5.56 Å². The van der Waals surface area contributed by atoms with E-state index in [1.54, 1.807) is 11.1 Å². The van der Waals surface area contributed by atoms with Crippen LogP contribution in [0.15, 0.2) is 16.7 Å². The topological polar surface area (TPSA) is 33.2 Å². The second kappa shape index (κ2) is 5.26. The minimum atomic E-state index is 0.0354. The summed E-state index contributed by atoms with van der Waals surface area (Å²) in [5.74, 6) is 0.0354. The van der Waals surface area contributed by atoms with Gasteiger partial charge >= 0.3 is 0 Å². The number of nitrogens with zero attached hydrogens (tertiary/aromatic N) is 2. The third-order valence-corrected chi connectivity index (χ3v) is 3.13. The molecule has 1 aromatic heterocycles. The number of halogens is 1. The van der Waals surface area contributed by atoms with Crippen molar-refractivity contribution in [2.75, 3.05) is 13.1 Å². The van der Waals surface area contributed by atoms with E-state index in [0.717, 1.165) is 23.3 Å². The maximum absolute atomic E-state index is 11.9. The summed E-state index contributed by atoms with van der Waals surface area (Å²) in [6.45, 7) is 7.29. The number of hydrogen-bond acceptors (Lipinski definition) is 2. The monoisotopic (exact) mass is 270 g/mol. The van der Waals surface area contributed by atoms with Gasteiger partial charge in [-0.05, 0) is 42.8 Å². The van der Waals surface area contributed by atoms with Crippen molar-refractivity contribution < 1.29 is 4.79 Å². The van der Waals surface area contributed by atoms with Crippen LogP contribution in [0.1, 0.15) is 29.9 Å². The van der Waals surface area contributed by atoms with Crippen LogP contribution in [-0.2, 0) is 0 Å². The number of hydrogen-bond donors (Lipinski definition) is 0. The summed E-state index contributed by atoms with van der Waals surface area (Å²) in [5.41, 5.74) is 1.53. The van der Waals surface area contributed by atoms with Gasteiger partial charge < -0.3 is 4.90 Å². The average Bonchev–Trinajstić information content (AvgIpc) is 2.23. The van der Waals surface area contributed by atoms with Crippen LogP contribution >= 0.6 is 15.9 Å².